The number of amides is 1. The van der Waals surface area contributed by atoms with Gasteiger partial charge in [0.25, 0.3) is 5.91 Å². The highest BCUT2D eigenvalue weighted by Crippen LogP contribution is 2.34. The molecule has 1 fully saturated rings. The number of hydrogen-bond donors (Lipinski definition) is 0. The molecule has 8 nitrogen and oxygen atoms in total. The van der Waals surface area contributed by atoms with Gasteiger partial charge >= 0.3 is 5.97 Å². The van der Waals surface area contributed by atoms with E-state index in [1.165, 1.54) is 23.7 Å². The van der Waals surface area contributed by atoms with Crippen LogP contribution in [0.1, 0.15) is 27.7 Å². The van der Waals surface area contributed by atoms with E-state index in [-0.39, 0.29) is 17.6 Å². The Balaban J connectivity index is 1.52. The fourth-order valence-electron chi connectivity index (χ4n) is 3.59. The summed E-state index contributed by atoms with van der Waals surface area (Å²) in [6.07, 6.45) is 0.915. The normalized spacial score (nSPS) is 13.7. The average Bonchev–Trinajstić information content (AvgIpc) is 3.30. The zero-order valence-electron chi connectivity index (χ0n) is 18.4. The minimum atomic E-state index is -0.319. The van der Waals surface area contributed by atoms with Gasteiger partial charge in [-0.15, -0.1) is 11.3 Å². The molecule has 0 spiro atoms. The van der Waals surface area contributed by atoms with Gasteiger partial charge in [0, 0.05) is 36.6 Å². The van der Waals surface area contributed by atoms with Crippen molar-refractivity contribution < 1.29 is 14.3 Å². The summed E-state index contributed by atoms with van der Waals surface area (Å²) in [5.74, 6) is 0.639. The van der Waals surface area contributed by atoms with Crippen LogP contribution in [0.25, 0.3) is 10.2 Å². The van der Waals surface area contributed by atoms with Crippen molar-refractivity contribution in [2.45, 2.75) is 18.5 Å². The first-order valence-corrected chi connectivity index (χ1v) is 12.4. The molecule has 0 N–H and O–H groups in total. The molecule has 0 bridgehead atoms. The average molecular weight is 482 g/mol. The van der Waals surface area contributed by atoms with E-state index in [0.717, 1.165) is 22.5 Å². The van der Waals surface area contributed by atoms with Crippen LogP contribution >= 0.6 is 23.1 Å². The molecule has 0 atom stereocenters. The lowest BCUT2D eigenvalue weighted by Crippen LogP contribution is -2.49. The summed E-state index contributed by atoms with van der Waals surface area (Å²) in [7, 11) is 1.36. The molecular formula is C23H23N5O3S2. The van der Waals surface area contributed by atoms with E-state index in [4.69, 9.17) is 15.0 Å². The topological polar surface area (TPSA) is 99.4 Å². The van der Waals surface area contributed by atoms with E-state index in [1.54, 1.807) is 35.6 Å². The Hall–Kier alpha value is -3.16. The fourth-order valence-corrected chi connectivity index (χ4v) is 5.28. The second-order valence-corrected chi connectivity index (χ2v) is 9.51. The number of carbonyl (C=O) groups excluding carboxylic acids is 2. The summed E-state index contributed by atoms with van der Waals surface area (Å²) in [5, 5.41) is 10.5. The van der Waals surface area contributed by atoms with Crippen LogP contribution < -0.4 is 4.90 Å². The monoisotopic (exact) mass is 481 g/mol. The number of thiophene rings is 1. The Morgan fingerprint density at radius 3 is 2.55 bits per heavy atom. The Morgan fingerprint density at radius 1 is 1.18 bits per heavy atom. The number of aryl methyl sites for hydroxylation is 1. The van der Waals surface area contributed by atoms with Gasteiger partial charge in [0.15, 0.2) is 5.16 Å². The molecular weight excluding hydrogens is 458 g/mol. The summed E-state index contributed by atoms with van der Waals surface area (Å²) < 4.78 is 4.73. The van der Waals surface area contributed by atoms with Crippen molar-refractivity contribution in [3.8, 4) is 6.07 Å². The number of aromatic nitrogens is 2. The first kappa shape index (κ1) is 23.0. The van der Waals surface area contributed by atoms with Crippen LogP contribution in [0, 0.1) is 11.3 Å². The number of thioether (sulfide) groups is 1. The van der Waals surface area contributed by atoms with Crippen molar-refractivity contribution in [3.05, 3.63) is 46.3 Å². The van der Waals surface area contributed by atoms with E-state index in [9.17, 15) is 9.59 Å². The highest BCUT2D eigenvalue weighted by molar-refractivity contribution is 7.99. The van der Waals surface area contributed by atoms with Gasteiger partial charge in [-0.3, -0.25) is 9.59 Å². The third kappa shape index (κ3) is 5.10. The SMILES string of the molecule is CCc1cc2c(N3CCN(C(=O)c4ccc(C#N)cc4)CC3)nc(SCC(=O)OC)nc2s1. The van der Waals surface area contributed by atoms with Crippen molar-refractivity contribution in [1.82, 2.24) is 14.9 Å². The molecule has 1 saturated heterocycles. The molecule has 4 rings (SSSR count). The standard InChI is InChI=1S/C23H23N5O3S2/c1-3-17-12-18-20(25-23(26-21(18)33-17)32-14-19(29)31-2)27-8-10-28(11-9-27)22(30)16-6-4-15(13-24)5-7-16/h4-7,12H,3,8-11,14H2,1-2H3. The van der Waals surface area contributed by atoms with Gasteiger partial charge in [-0.2, -0.15) is 5.26 Å². The summed E-state index contributed by atoms with van der Waals surface area (Å²) in [6, 6.07) is 10.9. The Kier molecular flexibility index (Phi) is 7.11. The number of hydrogen-bond acceptors (Lipinski definition) is 9. The number of ether oxygens (including phenoxy) is 1. The minimum Gasteiger partial charge on any atom is -0.468 e. The zero-order chi connectivity index (χ0) is 23.4. The van der Waals surface area contributed by atoms with Crippen LogP contribution in [0.2, 0.25) is 0 Å². The van der Waals surface area contributed by atoms with Gasteiger partial charge < -0.3 is 14.5 Å². The van der Waals surface area contributed by atoms with Crippen molar-refractivity contribution in [2.24, 2.45) is 0 Å². The van der Waals surface area contributed by atoms with E-state index in [2.05, 4.69) is 28.9 Å². The highest BCUT2D eigenvalue weighted by atomic mass is 32.2. The molecule has 3 aromatic rings. The predicted molar refractivity (Wildman–Crippen MR) is 129 cm³/mol. The van der Waals surface area contributed by atoms with Crippen molar-refractivity contribution in [1.29, 1.82) is 5.26 Å². The summed E-state index contributed by atoms with van der Waals surface area (Å²) >= 11 is 2.91. The van der Waals surface area contributed by atoms with Crippen LogP contribution in [-0.2, 0) is 16.0 Å². The number of rotatable bonds is 6. The minimum absolute atomic E-state index is 0.0369. The lowest BCUT2D eigenvalue weighted by atomic mass is 10.1. The number of nitriles is 1. The molecule has 10 heteroatoms. The Bertz CT molecular complexity index is 1210. The summed E-state index contributed by atoms with van der Waals surface area (Å²) in [6.45, 7) is 4.54. The van der Waals surface area contributed by atoms with Crippen LogP contribution in [0.5, 0.6) is 0 Å². The summed E-state index contributed by atoms with van der Waals surface area (Å²) in [5.41, 5.74) is 1.12. The largest absolute Gasteiger partial charge is 0.468 e. The Labute approximate surface area is 200 Å². The van der Waals surface area contributed by atoms with Crippen LogP contribution in [-0.4, -0.2) is 65.8 Å². The van der Waals surface area contributed by atoms with Crippen LogP contribution in [0.4, 0.5) is 5.82 Å². The van der Waals surface area contributed by atoms with Crippen LogP contribution in [0.3, 0.4) is 0 Å². The molecule has 3 heterocycles. The molecule has 170 valence electrons. The quantitative estimate of drug-likeness (QED) is 0.300. The maximum Gasteiger partial charge on any atom is 0.316 e. The third-order valence-corrected chi connectivity index (χ3v) is 7.42. The van der Waals surface area contributed by atoms with Gasteiger partial charge in [0.05, 0.1) is 29.9 Å². The van der Waals surface area contributed by atoms with Gasteiger partial charge in [0.1, 0.15) is 10.6 Å². The van der Waals surface area contributed by atoms with Crippen LogP contribution in [0.15, 0.2) is 35.5 Å². The second-order valence-electron chi connectivity index (χ2n) is 7.45. The fraction of sp³-hybridized carbons (Fsp3) is 0.348. The lowest BCUT2D eigenvalue weighted by Gasteiger charge is -2.35. The highest BCUT2D eigenvalue weighted by Gasteiger charge is 2.25. The predicted octanol–water partition coefficient (Wildman–Crippen LogP) is 3.35. The molecule has 1 aliphatic heterocycles. The number of methoxy groups -OCH3 is 1. The van der Waals surface area contributed by atoms with Gasteiger partial charge in [-0.05, 0) is 36.8 Å². The van der Waals surface area contributed by atoms with Crippen molar-refractivity contribution >= 4 is 51.0 Å². The number of nitrogens with zero attached hydrogens (tertiary/aromatic N) is 5. The number of piperazine rings is 1. The number of anilines is 1. The van der Waals surface area contributed by atoms with E-state index >= 15 is 0 Å². The van der Waals surface area contributed by atoms with E-state index < -0.39 is 0 Å². The number of esters is 1. The van der Waals surface area contributed by atoms with Gasteiger partial charge in [-0.1, -0.05) is 18.7 Å². The van der Waals surface area contributed by atoms with Crippen molar-refractivity contribution in [3.63, 3.8) is 0 Å². The molecule has 1 aromatic carbocycles. The lowest BCUT2D eigenvalue weighted by molar-refractivity contribution is -0.137. The van der Waals surface area contributed by atoms with Gasteiger partial charge in [0.2, 0.25) is 0 Å². The number of carbonyl (C=O) groups is 2. The summed E-state index contributed by atoms with van der Waals surface area (Å²) in [4.78, 5) is 40.0. The molecule has 1 amide bonds. The third-order valence-electron chi connectivity index (χ3n) is 5.43. The second kappa shape index (κ2) is 10.2. The molecule has 2 aromatic heterocycles. The molecule has 0 saturated carbocycles. The number of benzene rings is 1. The number of fused-ring (bicyclic) bond motifs is 1. The molecule has 0 unspecified atom stereocenters. The first-order chi connectivity index (χ1) is 16.0. The first-order valence-electron chi connectivity index (χ1n) is 10.6. The molecule has 33 heavy (non-hydrogen) atoms. The molecule has 0 radical (unpaired) electrons. The van der Waals surface area contributed by atoms with E-state index in [0.29, 0.717) is 42.5 Å². The Morgan fingerprint density at radius 2 is 1.91 bits per heavy atom. The zero-order valence-corrected chi connectivity index (χ0v) is 20.0. The molecule has 1 aliphatic rings. The maximum atomic E-state index is 12.9. The molecule has 0 aliphatic carbocycles. The smallest absolute Gasteiger partial charge is 0.316 e. The van der Waals surface area contributed by atoms with Gasteiger partial charge in [-0.25, -0.2) is 9.97 Å². The van der Waals surface area contributed by atoms with E-state index in [1.807, 2.05) is 4.90 Å². The maximum absolute atomic E-state index is 12.9. The van der Waals surface area contributed by atoms with Crippen molar-refractivity contribution in [2.75, 3.05) is 43.9 Å².